The van der Waals surface area contributed by atoms with Crippen LogP contribution in [-0.4, -0.2) is 50.4 Å². The van der Waals surface area contributed by atoms with Crippen LogP contribution in [0.25, 0.3) is 0 Å². The topological polar surface area (TPSA) is 75.5 Å². The molecule has 1 aliphatic heterocycles. The van der Waals surface area contributed by atoms with E-state index in [2.05, 4.69) is 9.97 Å². The third kappa shape index (κ3) is 4.67. The summed E-state index contributed by atoms with van der Waals surface area (Å²) >= 11 is 0. The first kappa shape index (κ1) is 15.7. The second-order valence-electron chi connectivity index (χ2n) is 6.57. The summed E-state index contributed by atoms with van der Waals surface area (Å²) in [5.74, 6) is 0. The van der Waals surface area contributed by atoms with E-state index in [9.17, 15) is 9.90 Å². The Hall–Kier alpha value is -1.69. The van der Waals surface area contributed by atoms with Crippen molar-refractivity contribution in [2.75, 3.05) is 13.1 Å². The molecule has 1 aromatic heterocycles. The molecule has 0 spiro atoms. The molecule has 0 saturated carbocycles. The number of hydrogen-bond donors (Lipinski definition) is 1. The van der Waals surface area contributed by atoms with Crippen molar-refractivity contribution >= 4 is 6.09 Å². The Labute approximate surface area is 125 Å². The van der Waals surface area contributed by atoms with Crippen molar-refractivity contribution in [2.45, 2.75) is 51.2 Å². The van der Waals surface area contributed by atoms with E-state index in [1.807, 2.05) is 20.8 Å². The maximum absolute atomic E-state index is 12.0. The van der Waals surface area contributed by atoms with Gasteiger partial charge in [0, 0.05) is 38.1 Å². The number of piperidine rings is 1. The Balaban J connectivity index is 1.89. The number of rotatable bonds is 2. The number of carbonyl (C=O) groups is 1. The Morgan fingerprint density at radius 2 is 2.05 bits per heavy atom. The van der Waals surface area contributed by atoms with Crippen molar-refractivity contribution in [1.29, 1.82) is 0 Å². The molecular weight excluding hydrogens is 270 g/mol. The monoisotopic (exact) mass is 293 g/mol. The highest BCUT2D eigenvalue weighted by Crippen LogP contribution is 2.26. The summed E-state index contributed by atoms with van der Waals surface area (Å²) in [5, 5.41) is 10.6. The Morgan fingerprint density at radius 1 is 1.38 bits per heavy atom. The summed E-state index contributed by atoms with van der Waals surface area (Å²) in [6.07, 6.45) is 6.07. The predicted molar refractivity (Wildman–Crippen MR) is 77.7 cm³/mol. The minimum absolute atomic E-state index is 0.316. The first-order chi connectivity index (χ1) is 9.77. The van der Waals surface area contributed by atoms with E-state index in [0.29, 0.717) is 32.4 Å². The summed E-state index contributed by atoms with van der Waals surface area (Å²) in [5.41, 5.74) is -0.551. The van der Waals surface area contributed by atoms with Crippen LogP contribution in [0.2, 0.25) is 0 Å². The SMILES string of the molecule is CC(C)(C)OC(=O)N1CCC(O)(Cc2cnccn2)CC1. The molecule has 0 unspecified atom stereocenters. The molecule has 0 radical (unpaired) electrons. The summed E-state index contributed by atoms with van der Waals surface area (Å²) in [6, 6.07) is 0. The fourth-order valence-corrected chi connectivity index (χ4v) is 2.37. The zero-order chi connectivity index (χ0) is 15.5. The molecule has 1 saturated heterocycles. The second kappa shape index (κ2) is 5.97. The third-order valence-corrected chi connectivity index (χ3v) is 3.47. The molecule has 0 atom stereocenters. The van der Waals surface area contributed by atoms with Crippen LogP contribution in [0.1, 0.15) is 39.3 Å². The van der Waals surface area contributed by atoms with Crippen LogP contribution >= 0.6 is 0 Å². The van der Waals surface area contributed by atoms with Crippen molar-refractivity contribution in [1.82, 2.24) is 14.9 Å². The van der Waals surface area contributed by atoms with Gasteiger partial charge in [-0.15, -0.1) is 0 Å². The number of likely N-dealkylation sites (tertiary alicyclic amines) is 1. The van der Waals surface area contributed by atoms with Crippen LogP contribution in [0, 0.1) is 0 Å². The zero-order valence-corrected chi connectivity index (χ0v) is 12.9. The lowest BCUT2D eigenvalue weighted by Crippen LogP contribution is -2.49. The van der Waals surface area contributed by atoms with Gasteiger partial charge in [0.15, 0.2) is 0 Å². The van der Waals surface area contributed by atoms with Crippen molar-refractivity contribution in [3.63, 3.8) is 0 Å². The molecule has 1 amide bonds. The molecule has 0 aliphatic carbocycles. The Bertz CT molecular complexity index is 477. The molecule has 1 aromatic rings. The van der Waals surface area contributed by atoms with E-state index in [1.54, 1.807) is 23.5 Å². The lowest BCUT2D eigenvalue weighted by molar-refractivity contribution is -0.0320. The number of aromatic nitrogens is 2. The lowest BCUT2D eigenvalue weighted by atomic mass is 9.87. The van der Waals surface area contributed by atoms with Gasteiger partial charge in [-0.1, -0.05) is 0 Å². The number of aliphatic hydroxyl groups is 1. The van der Waals surface area contributed by atoms with Gasteiger partial charge in [0.1, 0.15) is 5.60 Å². The van der Waals surface area contributed by atoms with Gasteiger partial charge in [-0.25, -0.2) is 4.79 Å². The molecule has 116 valence electrons. The maximum Gasteiger partial charge on any atom is 0.410 e. The van der Waals surface area contributed by atoms with Crippen molar-refractivity contribution in [2.24, 2.45) is 0 Å². The average molecular weight is 293 g/mol. The molecule has 6 nitrogen and oxygen atoms in total. The highest BCUT2D eigenvalue weighted by atomic mass is 16.6. The quantitative estimate of drug-likeness (QED) is 0.899. The van der Waals surface area contributed by atoms with E-state index in [-0.39, 0.29) is 6.09 Å². The van der Waals surface area contributed by atoms with Gasteiger partial charge >= 0.3 is 6.09 Å². The fourth-order valence-electron chi connectivity index (χ4n) is 2.37. The Kier molecular flexibility index (Phi) is 4.46. The van der Waals surface area contributed by atoms with Gasteiger partial charge in [0.05, 0.1) is 11.3 Å². The van der Waals surface area contributed by atoms with Crippen molar-refractivity contribution in [3.05, 3.63) is 24.3 Å². The predicted octanol–water partition coefficient (Wildman–Crippen LogP) is 1.78. The smallest absolute Gasteiger partial charge is 0.410 e. The molecule has 0 bridgehead atoms. The number of ether oxygens (including phenoxy) is 1. The van der Waals surface area contributed by atoms with E-state index < -0.39 is 11.2 Å². The third-order valence-electron chi connectivity index (χ3n) is 3.47. The summed E-state index contributed by atoms with van der Waals surface area (Å²) in [6.45, 7) is 6.52. The maximum atomic E-state index is 12.0. The minimum atomic E-state index is -0.825. The van der Waals surface area contributed by atoms with E-state index in [1.165, 1.54) is 0 Å². The minimum Gasteiger partial charge on any atom is -0.444 e. The number of hydrogen-bond acceptors (Lipinski definition) is 5. The van der Waals surface area contributed by atoms with E-state index >= 15 is 0 Å². The second-order valence-corrected chi connectivity index (χ2v) is 6.57. The van der Waals surface area contributed by atoms with Gasteiger partial charge in [-0.2, -0.15) is 0 Å². The molecular formula is C15H23N3O3. The first-order valence-electron chi connectivity index (χ1n) is 7.23. The van der Waals surface area contributed by atoms with Crippen LogP contribution in [0.3, 0.4) is 0 Å². The molecule has 21 heavy (non-hydrogen) atoms. The molecule has 1 aliphatic rings. The zero-order valence-electron chi connectivity index (χ0n) is 12.9. The van der Waals surface area contributed by atoms with Crippen molar-refractivity contribution < 1.29 is 14.6 Å². The molecule has 6 heteroatoms. The van der Waals surface area contributed by atoms with Crippen LogP contribution in [0.5, 0.6) is 0 Å². The molecule has 2 heterocycles. The van der Waals surface area contributed by atoms with Gasteiger partial charge < -0.3 is 14.7 Å². The van der Waals surface area contributed by atoms with Gasteiger partial charge in [0.25, 0.3) is 0 Å². The fraction of sp³-hybridized carbons (Fsp3) is 0.667. The van der Waals surface area contributed by atoms with Crippen LogP contribution < -0.4 is 0 Å². The summed E-state index contributed by atoms with van der Waals surface area (Å²) in [4.78, 5) is 21.8. The number of carbonyl (C=O) groups excluding carboxylic acids is 1. The van der Waals surface area contributed by atoms with E-state index in [0.717, 1.165) is 5.69 Å². The van der Waals surface area contributed by atoms with Crippen LogP contribution in [0.4, 0.5) is 4.79 Å². The van der Waals surface area contributed by atoms with Crippen LogP contribution in [0.15, 0.2) is 18.6 Å². The highest BCUT2D eigenvalue weighted by molar-refractivity contribution is 5.68. The first-order valence-corrected chi connectivity index (χ1v) is 7.23. The molecule has 1 N–H and O–H groups in total. The summed E-state index contributed by atoms with van der Waals surface area (Å²) in [7, 11) is 0. The van der Waals surface area contributed by atoms with Gasteiger partial charge in [-0.3, -0.25) is 9.97 Å². The highest BCUT2D eigenvalue weighted by Gasteiger charge is 2.35. The molecule has 2 rings (SSSR count). The molecule has 0 aromatic carbocycles. The lowest BCUT2D eigenvalue weighted by Gasteiger charge is -2.38. The normalized spacial score (nSPS) is 18.4. The largest absolute Gasteiger partial charge is 0.444 e. The summed E-state index contributed by atoms with van der Waals surface area (Å²) < 4.78 is 5.35. The van der Waals surface area contributed by atoms with Gasteiger partial charge in [0.2, 0.25) is 0 Å². The average Bonchev–Trinajstić information content (AvgIpc) is 2.38. The van der Waals surface area contributed by atoms with E-state index in [4.69, 9.17) is 4.74 Å². The molecule has 1 fully saturated rings. The standard InChI is InChI=1S/C15H23N3O3/c1-14(2,3)21-13(19)18-8-4-15(20,5-9-18)10-12-11-16-6-7-17-12/h6-7,11,20H,4-5,8-10H2,1-3H3. The Morgan fingerprint density at radius 3 is 2.57 bits per heavy atom. The number of nitrogens with zero attached hydrogens (tertiary/aromatic N) is 3. The number of amides is 1. The van der Waals surface area contributed by atoms with Crippen LogP contribution in [-0.2, 0) is 11.2 Å². The van der Waals surface area contributed by atoms with Gasteiger partial charge in [-0.05, 0) is 33.6 Å². The van der Waals surface area contributed by atoms with Crippen molar-refractivity contribution in [3.8, 4) is 0 Å².